The molecule has 0 unspecified atom stereocenters. The first-order chi connectivity index (χ1) is 12.7. The molecule has 0 N–H and O–H groups in total. The highest BCUT2D eigenvalue weighted by molar-refractivity contribution is 7.98. The van der Waals surface area contributed by atoms with Crippen molar-refractivity contribution in [2.24, 2.45) is 0 Å². The highest BCUT2D eigenvalue weighted by Gasteiger charge is 2.11. The van der Waals surface area contributed by atoms with Gasteiger partial charge in [0.2, 0.25) is 5.89 Å². The fourth-order valence-electron chi connectivity index (χ4n) is 2.34. The summed E-state index contributed by atoms with van der Waals surface area (Å²) in [7, 11) is 0. The van der Waals surface area contributed by atoms with Crippen LogP contribution in [0.25, 0.3) is 16.4 Å². The van der Waals surface area contributed by atoms with Crippen LogP contribution in [0, 0.1) is 0 Å². The second-order valence-electron chi connectivity index (χ2n) is 5.26. The van der Waals surface area contributed by atoms with Gasteiger partial charge in [0.1, 0.15) is 5.75 Å². The Hall–Kier alpha value is -2.65. The molecular weight excluding hydrogens is 372 g/mol. The number of ether oxygens (including phenoxy) is 1. The zero-order chi connectivity index (χ0) is 17.9. The van der Waals surface area contributed by atoms with E-state index in [4.69, 9.17) is 9.15 Å². The minimum absolute atomic E-state index is 0.0903. The summed E-state index contributed by atoms with van der Waals surface area (Å²) in [6, 6.07) is 9.00. The van der Waals surface area contributed by atoms with Gasteiger partial charge in [0.15, 0.2) is 4.96 Å². The van der Waals surface area contributed by atoms with E-state index in [0.717, 1.165) is 11.3 Å². The van der Waals surface area contributed by atoms with Crippen molar-refractivity contribution in [1.82, 2.24) is 19.6 Å². The van der Waals surface area contributed by atoms with Gasteiger partial charge in [-0.05, 0) is 31.2 Å². The number of thioether (sulfide) groups is 1. The lowest BCUT2D eigenvalue weighted by Crippen LogP contribution is -2.12. The molecule has 7 nitrogen and oxygen atoms in total. The van der Waals surface area contributed by atoms with E-state index in [9.17, 15) is 4.79 Å². The zero-order valence-corrected chi connectivity index (χ0v) is 15.4. The summed E-state index contributed by atoms with van der Waals surface area (Å²) in [5.41, 5.74) is 1.42. The number of hydrogen-bond donors (Lipinski definition) is 0. The highest BCUT2D eigenvalue weighted by Crippen LogP contribution is 2.26. The van der Waals surface area contributed by atoms with E-state index in [2.05, 4.69) is 15.2 Å². The molecule has 26 heavy (non-hydrogen) atoms. The summed E-state index contributed by atoms with van der Waals surface area (Å²) >= 11 is 2.77. The second-order valence-corrected chi connectivity index (χ2v) is 7.06. The third-order valence-electron chi connectivity index (χ3n) is 3.52. The summed E-state index contributed by atoms with van der Waals surface area (Å²) in [6.07, 6.45) is 1.72. The van der Waals surface area contributed by atoms with Gasteiger partial charge in [0.25, 0.3) is 10.8 Å². The summed E-state index contributed by atoms with van der Waals surface area (Å²) in [5.74, 6) is 1.72. The fourth-order valence-corrected chi connectivity index (χ4v) is 3.74. The van der Waals surface area contributed by atoms with Crippen LogP contribution in [-0.2, 0) is 5.75 Å². The number of rotatable bonds is 6. The molecule has 4 aromatic rings. The van der Waals surface area contributed by atoms with Crippen LogP contribution in [-0.4, -0.2) is 26.2 Å². The summed E-state index contributed by atoms with van der Waals surface area (Å²) in [5, 5.41) is 10.4. The molecule has 0 saturated heterocycles. The molecule has 3 aromatic heterocycles. The van der Waals surface area contributed by atoms with Crippen LogP contribution in [0.5, 0.6) is 5.75 Å². The zero-order valence-electron chi connectivity index (χ0n) is 13.8. The Labute approximate surface area is 156 Å². The van der Waals surface area contributed by atoms with E-state index in [1.807, 2.05) is 36.6 Å². The maximum absolute atomic E-state index is 12.0. The van der Waals surface area contributed by atoms with Gasteiger partial charge in [0, 0.05) is 29.0 Å². The molecule has 0 aliphatic carbocycles. The quantitative estimate of drug-likeness (QED) is 0.469. The lowest BCUT2D eigenvalue weighted by molar-refractivity contribution is 0.340. The van der Waals surface area contributed by atoms with Crippen LogP contribution in [0.2, 0.25) is 0 Å². The monoisotopic (exact) mass is 386 g/mol. The molecule has 3 heterocycles. The van der Waals surface area contributed by atoms with E-state index in [1.165, 1.54) is 33.6 Å². The highest BCUT2D eigenvalue weighted by atomic mass is 32.2. The first kappa shape index (κ1) is 16.8. The Morgan fingerprint density at radius 2 is 2.12 bits per heavy atom. The molecule has 0 bridgehead atoms. The maximum atomic E-state index is 12.0. The van der Waals surface area contributed by atoms with Crippen LogP contribution in [0.4, 0.5) is 0 Å². The number of aromatic nitrogens is 4. The first-order valence-corrected chi connectivity index (χ1v) is 9.75. The van der Waals surface area contributed by atoms with Gasteiger partial charge in [-0.1, -0.05) is 11.8 Å². The van der Waals surface area contributed by atoms with Gasteiger partial charge in [-0.3, -0.25) is 9.20 Å². The molecule has 0 atom stereocenters. The molecule has 0 spiro atoms. The summed E-state index contributed by atoms with van der Waals surface area (Å²) < 4.78 is 12.6. The van der Waals surface area contributed by atoms with E-state index < -0.39 is 0 Å². The van der Waals surface area contributed by atoms with Gasteiger partial charge in [-0.25, -0.2) is 4.98 Å². The summed E-state index contributed by atoms with van der Waals surface area (Å²) in [4.78, 5) is 17.1. The topological polar surface area (TPSA) is 82.5 Å². The smallest absolute Gasteiger partial charge is 0.277 e. The van der Waals surface area contributed by atoms with Gasteiger partial charge in [0.05, 0.1) is 12.3 Å². The van der Waals surface area contributed by atoms with Crippen LogP contribution < -0.4 is 10.3 Å². The van der Waals surface area contributed by atoms with E-state index >= 15 is 0 Å². The average Bonchev–Trinajstić information content (AvgIpc) is 3.30. The fraction of sp³-hybridized carbons (Fsp3) is 0.176. The lowest BCUT2D eigenvalue weighted by atomic mass is 10.2. The number of benzene rings is 1. The third-order valence-corrected chi connectivity index (χ3v) is 5.13. The molecule has 0 aliphatic rings. The first-order valence-electron chi connectivity index (χ1n) is 7.88. The van der Waals surface area contributed by atoms with Crippen LogP contribution >= 0.6 is 23.1 Å². The predicted octanol–water partition coefficient (Wildman–Crippen LogP) is 3.50. The standard InChI is InChI=1S/C17H14N4O3S2/c1-2-23-13-5-3-11(4-6-13)15-19-20-17(24-15)26-10-12-9-14(22)21-7-8-25-16(21)18-12/h3-9H,2,10H2,1H3. The van der Waals surface area contributed by atoms with E-state index in [1.54, 1.807) is 6.20 Å². The average molecular weight is 386 g/mol. The van der Waals surface area contributed by atoms with Crippen molar-refractivity contribution in [3.05, 3.63) is 58.0 Å². The number of nitrogens with zero attached hydrogens (tertiary/aromatic N) is 4. The molecule has 0 aliphatic heterocycles. The SMILES string of the molecule is CCOc1ccc(-c2nnc(SCc3cc(=O)n4ccsc4n3)o2)cc1. The van der Waals surface area contributed by atoms with Crippen LogP contribution in [0.3, 0.4) is 0 Å². The van der Waals surface area contributed by atoms with Crippen molar-refractivity contribution in [3.8, 4) is 17.2 Å². The molecule has 0 amide bonds. The van der Waals surface area contributed by atoms with Crippen LogP contribution in [0.15, 0.2) is 56.3 Å². The number of fused-ring (bicyclic) bond motifs is 1. The molecule has 0 fully saturated rings. The Morgan fingerprint density at radius 1 is 1.27 bits per heavy atom. The van der Waals surface area contributed by atoms with Crippen molar-refractivity contribution in [2.45, 2.75) is 17.9 Å². The Balaban J connectivity index is 1.46. The predicted molar refractivity (Wildman–Crippen MR) is 99.8 cm³/mol. The van der Waals surface area contributed by atoms with Gasteiger partial charge < -0.3 is 9.15 Å². The molecule has 1 aromatic carbocycles. The normalized spacial score (nSPS) is 11.1. The molecule has 9 heteroatoms. The number of hydrogen-bond acceptors (Lipinski definition) is 8. The number of thiazole rings is 1. The Kier molecular flexibility index (Phi) is 4.72. The minimum atomic E-state index is -0.0903. The Bertz CT molecular complexity index is 1090. The van der Waals surface area contributed by atoms with Crippen molar-refractivity contribution < 1.29 is 9.15 Å². The molecular formula is C17H14N4O3S2. The van der Waals surface area contributed by atoms with Crippen LogP contribution in [0.1, 0.15) is 12.6 Å². The van der Waals surface area contributed by atoms with Gasteiger partial charge in [-0.2, -0.15) is 0 Å². The van der Waals surface area contributed by atoms with Crippen molar-refractivity contribution in [2.75, 3.05) is 6.61 Å². The summed E-state index contributed by atoms with van der Waals surface area (Å²) in [6.45, 7) is 2.56. The van der Waals surface area contributed by atoms with Crippen molar-refractivity contribution in [3.63, 3.8) is 0 Å². The van der Waals surface area contributed by atoms with Gasteiger partial charge >= 0.3 is 0 Å². The van der Waals surface area contributed by atoms with Crippen molar-refractivity contribution in [1.29, 1.82) is 0 Å². The lowest BCUT2D eigenvalue weighted by Gasteiger charge is -2.02. The van der Waals surface area contributed by atoms with Gasteiger partial charge in [-0.15, -0.1) is 21.5 Å². The molecule has 132 valence electrons. The minimum Gasteiger partial charge on any atom is -0.494 e. The van der Waals surface area contributed by atoms with E-state index in [-0.39, 0.29) is 5.56 Å². The molecule has 0 radical (unpaired) electrons. The largest absolute Gasteiger partial charge is 0.494 e. The second kappa shape index (κ2) is 7.30. The third kappa shape index (κ3) is 3.49. The van der Waals surface area contributed by atoms with E-state index in [0.29, 0.717) is 34.1 Å². The molecule has 0 saturated carbocycles. The maximum Gasteiger partial charge on any atom is 0.277 e. The molecule has 4 rings (SSSR count). The van der Waals surface area contributed by atoms with Crippen molar-refractivity contribution >= 4 is 28.1 Å². The Morgan fingerprint density at radius 3 is 2.92 bits per heavy atom.